The normalized spacial score (nSPS) is 10.3. The van der Waals surface area contributed by atoms with Crippen LogP contribution in [-0.2, 0) is 9.53 Å². The molecule has 0 radical (unpaired) electrons. The zero-order valence-electron chi connectivity index (χ0n) is 9.90. The first-order chi connectivity index (χ1) is 8.70. The number of anilines is 1. The summed E-state index contributed by atoms with van der Waals surface area (Å²) in [7, 11) is 0. The molecule has 0 bridgehead atoms. The van der Waals surface area contributed by atoms with Gasteiger partial charge in [-0.05, 0) is 19.1 Å². The fraction of sp³-hybridized carbons (Fsp3) is 0.250. The van der Waals surface area contributed by atoms with Crippen LogP contribution in [-0.4, -0.2) is 29.1 Å². The number of rotatable bonds is 4. The van der Waals surface area contributed by atoms with E-state index < -0.39 is 5.97 Å². The van der Waals surface area contributed by atoms with Crippen molar-refractivity contribution >= 4 is 22.8 Å². The molecule has 0 amide bonds. The highest BCUT2D eigenvalue weighted by molar-refractivity contribution is 5.79. The molecule has 0 unspecified atom stereocenters. The van der Waals surface area contributed by atoms with Gasteiger partial charge in [-0.15, -0.1) is 0 Å². The number of aromatic nitrogens is 2. The van der Waals surface area contributed by atoms with Crippen molar-refractivity contribution in [2.75, 3.05) is 18.5 Å². The molecule has 2 aromatic rings. The van der Waals surface area contributed by atoms with Crippen LogP contribution in [0.15, 0.2) is 29.1 Å². The second-order valence-corrected chi connectivity index (χ2v) is 3.59. The molecule has 0 saturated carbocycles. The molecule has 18 heavy (non-hydrogen) atoms. The molecule has 0 aliphatic heterocycles. The first kappa shape index (κ1) is 12.1. The molecule has 2 rings (SSSR count). The van der Waals surface area contributed by atoms with Gasteiger partial charge < -0.3 is 10.1 Å². The van der Waals surface area contributed by atoms with Gasteiger partial charge in [0, 0.05) is 0 Å². The van der Waals surface area contributed by atoms with E-state index in [1.807, 2.05) is 0 Å². The van der Waals surface area contributed by atoms with Crippen LogP contribution < -0.4 is 10.9 Å². The van der Waals surface area contributed by atoms with Crippen LogP contribution in [0.3, 0.4) is 0 Å². The number of ether oxygens (including phenoxy) is 1. The first-order valence-electron chi connectivity index (χ1n) is 5.59. The number of nitrogens with one attached hydrogen (secondary N) is 2. The Kier molecular flexibility index (Phi) is 3.57. The number of hydrogen-bond donors (Lipinski definition) is 2. The number of carbonyl (C=O) groups is 1. The zero-order chi connectivity index (χ0) is 13.0. The van der Waals surface area contributed by atoms with Crippen LogP contribution in [0, 0.1) is 0 Å². The quantitative estimate of drug-likeness (QED) is 0.784. The maximum Gasteiger partial charge on any atom is 0.325 e. The van der Waals surface area contributed by atoms with Crippen molar-refractivity contribution in [1.82, 2.24) is 9.97 Å². The van der Waals surface area contributed by atoms with Crippen LogP contribution >= 0.6 is 0 Å². The first-order valence-corrected chi connectivity index (χ1v) is 5.59. The van der Waals surface area contributed by atoms with Gasteiger partial charge in [-0.2, -0.15) is 0 Å². The number of aromatic amines is 1. The molecule has 0 spiro atoms. The average molecular weight is 247 g/mol. The molecular weight excluding hydrogens is 234 g/mol. The Morgan fingerprint density at radius 3 is 3.00 bits per heavy atom. The molecule has 0 atom stereocenters. The van der Waals surface area contributed by atoms with E-state index in [9.17, 15) is 9.59 Å². The standard InChI is InChI=1S/C12H13N3O3/c1-2-18-10(16)7-13-12-14-9-6-4-3-5-8(9)11(17)15-12/h3-6H,2,7H2,1H3,(H2,13,14,15,17). The summed E-state index contributed by atoms with van der Waals surface area (Å²) in [6.07, 6.45) is 0. The molecule has 6 heteroatoms. The highest BCUT2D eigenvalue weighted by Gasteiger charge is 2.05. The third kappa shape index (κ3) is 2.65. The van der Waals surface area contributed by atoms with Gasteiger partial charge in [0.05, 0.1) is 17.5 Å². The van der Waals surface area contributed by atoms with E-state index in [2.05, 4.69) is 15.3 Å². The Bertz CT molecular complexity index is 621. The summed E-state index contributed by atoms with van der Waals surface area (Å²) in [5.74, 6) is -0.139. The van der Waals surface area contributed by atoms with Crippen molar-refractivity contribution < 1.29 is 9.53 Å². The third-order valence-electron chi connectivity index (χ3n) is 2.32. The van der Waals surface area contributed by atoms with E-state index in [1.54, 1.807) is 31.2 Å². The largest absolute Gasteiger partial charge is 0.465 e. The second-order valence-electron chi connectivity index (χ2n) is 3.59. The second kappa shape index (κ2) is 5.31. The number of fused-ring (bicyclic) bond motifs is 1. The molecule has 6 nitrogen and oxygen atoms in total. The summed E-state index contributed by atoms with van der Waals surface area (Å²) in [6, 6.07) is 6.99. The molecular formula is C12H13N3O3. The lowest BCUT2D eigenvalue weighted by molar-refractivity contribution is -0.140. The van der Waals surface area contributed by atoms with Gasteiger partial charge in [-0.25, -0.2) is 4.98 Å². The van der Waals surface area contributed by atoms with Crippen LogP contribution in [0.5, 0.6) is 0 Å². The molecule has 94 valence electrons. The molecule has 0 saturated heterocycles. The van der Waals surface area contributed by atoms with Crippen LogP contribution in [0.4, 0.5) is 5.95 Å². The highest BCUT2D eigenvalue weighted by atomic mass is 16.5. The van der Waals surface area contributed by atoms with Crippen LogP contribution in [0.2, 0.25) is 0 Å². The number of carbonyl (C=O) groups excluding carboxylic acids is 1. The van der Waals surface area contributed by atoms with Crippen molar-refractivity contribution in [3.8, 4) is 0 Å². The summed E-state index contributed by atoms with van der Waals surface area (Å²) in [6.45, 7) is 2.02. The Morgan fingerprint density at radius 2 is 2.22 bits per heavy atom. The van der Waals surface area contributed by atoms with Crippen molar-refractivity contribution in [2.24, 2.45) is 0 Å². The van der Waals surface area contributed by atoms with Gasteiger partial charge in [-0.3, -0.25) is 14.6 Å². The number of H-pyrrole nitrogens is 1. The van der Waals surface area contributed by atoms with Crippen molar-refractivity contribution in [1.29, 1.82) is 0 Å². The summed E-state index contributed by atoms with van der Waals surface area (Å²) < 4.78 is 4.76. The summed E-state index contributed by atoms with van der Waals surface area (Å²) in [5, 5.41) is 3.23. The van der Waals surface area contributed by atoms with E-state index in [4.69, 9.17) is 4.74 Å². The predicted molar refractivity (Wildman–Crippen MR) is 67.5 cm³/mol. The van der Waals surface area contributed by atoms with Crippen LogP contribution in [0.1, 0.15) is 6.92 Å². The minimum absolute atomic E-state index is 0.0326. The zero-order valence-corrected chi connectivity index (χ0v) is 9.90. The third-order valence-corrected chi connectivity index (χ3v) is 2.32. The van der Waals surface area contributed by atoms with Crippen molar-refractivity contribution in [3.05, 3.63) is 34.6 Å². The molecule has 1 aromatic heterocycles. The van der Waals surface area contributed by atoms with Gasteiger partial charge >= 0.3 is 5.97 Å². The Morgan fingerprint density at radius 1 is 1.44 bits per heavy atom. The minimum Gasteiger partial charge on any atom is -0.465 e. The summed E-state index contributed by atoms with van der Waals surface area (Å²) >= 11 is 0. The number of esters is 1. The van der Waals surface area contributed by atoms with Gasteiger partial charge in [0.15, 0.2) is 0 Å². The van der Waals surface area contributed by atoms with Gasteiger partial charge in [0.1, 0.15) is 6.54 Å². The number of hydrogen-bond acceptors (Lipinski definition) is 5. The van der Waals surface area contributed by atoms with Crippen molar-refractivity contribution in [3.63, 3.8) is 0 Å². The number of benzene rings is 1. The molecule has 1 heterocycles. The smallest absolute Gasteiger partial charge is 0.325 e. The van der Waals surface area contributed by atoms with Gasteiger partial charge in [-0.1, -0.05) is 12.1 Å². The highest BCUT2D eigenvalue weighted by Crippen LogP contribution is 2.07. The number of para-hydroxylation sites is 1. The lowest BCUT2D eigenvalue weighted by Gasteiger charge is -2.05. The maximum absolute atomic E-state index is 11.7. The topological polar surface area (TPSA) is 84.1 Å². The fourth-order valence-electron chi connectivity index (χ4n) is 1.54. The lowest BCUT2D eigenvalue weighted by atomic mass is 10.2. The van der Waals surface area contributed by atoms with E-state index in [1.165, 1.54) is 0 Å². The summed E-state index contributed by atoms with van der Waals surface area (Å²) in [5.41, 5.74) is 0.333. The predicted octanol–water partition coefficient (Wildman–Crippen LogP) is 0.898. The molecule has 0 aliphatic carbocycles. The van der Waals surface area contributed by atoms with Gasteiger partial charge in [0.2, 0.25) is 5.95 Å². The van der Waals surface area contributed by atoms with E-state index >= 15 is 0 Å². The Balaban J connectivity index is 2.20. The van der Waals surface area contributed by atoms with E-state index in [-0.39, 0.29) is 18.1 Å². The summed E-state index contributed by atoms with van der Waals surface area (Å²) in [4.78, 5) is 29.6. The average Bonchev–Trinajstić information content (AvgIpc) is 2.37. The molecule has 0 fully saturated rings. The van der Waals surface area contributed by atoms with Crippen LogP contribution in [0.25, 0.3) is 10.9 Å². The molecule has 1 aromatic carbocycles. The van der Waals surface area contributed by atoms with E-state index in [0.717, 1.165) is 0 Å². The van der Waals surface area contributed by atoms with E-state index in [0.29, 0.717) is 17.5 Å². The molecule has 0 aliphatic rings. The Labute approximate surface area is 103 Å². The van der Waals surface area contributed by atoms with Crippen molar-refractivity contribution in [2.45, 2.75) is 6.92 Å². The minimum atomic E-state index is -0.395. The van der Waals surface area contributed by atoms with Gasteiger partial charge in [0.25, 0.3) is 5.56 Å². The lowest BCUT2D eigenvalue weighted by Crippen LogP contribution is -2.20. The SMILES string of the molecule is CCOC(=O)CNc1nc2ccccc2c(=O)[nH]1. The number of nitrogens with zero attached hydrogens (tertiary/aromatic N) is 1. The maximum atomic E-state index is 11.7. The monoisotopic (exact) mass is 247 g/mol. The molecule has 2 N–H and O–H groups in total. The Hall–Kier alpha value is -2.37. The fourth-order valence-corrected chi connectivity index (χ4v) is 1.54.